The van der Waals surface area contributed by atoms with Crippen LogP contribution >= 0.6 is 22.9 Å². The van der Waals surface area contributed by atoms with Crippen molar-refractivity contribution in [2.75, 3.05) is 37.4 Å². The van der Waals surface area contributed by atoms with Crippen LogP contribution in [0.25, 0.3) is 16.3 Å². The molecule has 0 aliphatic carbocycles. The monoisotopic (exact) mass is 425 g/mol. The molecule has 5 nitrogen and oxygen atoms in total. The summed E-state index contributed by atoms with van der Waals surface area (Å²) in [4.78, 5) is 19.3. The van der Waals surface area contributed by atoms with E-state index in [1.165, 1.54) is 11.8 Å². The molecule has 0 saturated carbocycles. The van der Waals surface area contributed by atoms with E-state index in [4.69, 9.17) is 16.6 Å². The van der Waals surface area contributed by atoms with Crippen molar-refractivity contribution in [1.29, 1.82) is 0 Å². The molecule has 2 heterocycles. The third-order valence-corrected chi connectivity index (χ3v) is 6.18. The molecule has 1 aromatic heterocycles. The molecule has 2 aromatic carbocycles. The highest BCUT2D eigenvalue weighted by molar-refractivity contribution is 7.22. The van der Waals surface area contributed by atoms with Gasteiger partial charge in [-0.2, -0.15) is 0 Å². The molecule has 1 fully saturated rings. The predicted molar refractivity (Wildman–Crippen MR) is 123 cm³/mol. The zero-order chi connectivity index (χ0) is 20.4. The van der Waals surface area contributed by atoms with Gasteiger partial charge in [0.05, 0.1) is 10.2 Å². The Bertz CT molecular complexity index is 1130. The van der Waals surface area contributed by atoms with Gasteiger partial charge in [-0.3, -0.25) is 4.79 Å². The molecule has 0 unspecified atom stereocenters. The molecule has 1 N–H and O–H groups in total. The number of carbonyl (C=O) groups excluding carboxylic acids is 1. The highest BCUT2D eigenvalue weighted by Gasteiger charge is 2.25. The number of benzene rings is 2. The molecule has 148 valence electrons. The lowest BCUT2D eigenvalue weighted by Gasteiger charge is -2.10. The Labute approximate surface area is 178 Å². The van der Waals surface area contributed by atoms with Crippen LogP contribution in [-0.4, -0.2) is 48.4 Å². The van der Waals surface area contributed by atoms with E-state index in [-0.39, 0.29) is 5.91 Å². The topological polar surface area (TPSA) is 48.2 Å². The van der Waals surface area contributed by atoms with Crippen LogP contribution in [0.5, 0.6) is 0 Å². The normalized spacial score (nSPS) is 14.2. The van der Waals surface area contributed by atoms with Crippen molar-refractivity contribution in [2.45, 2.75) is 6.42 Å². The summed E-state index contributed by atoms with van der Waals surface area (Å²) in [6.07, 6.45) is 4.33. The number of amides is 1. The fraction of sp³-hybridized carbons (Fsp3) is 0.227. The van der Waals surface area contributed by atoms with E-state index in [1.807, 2.05) is 36.4 Å². The molecule has 0 spiro atoms. The summed E-state index contributed by atoms with van der Waals surface area (Å²) in [7, 11) is 4.18. The van der Waals surface area contributed by atoms with Gasteiger partial charge in [0.25, 0.3) is 0 Å². The fourth-order valence-electron chi connectivity index (χ4n) is 3.26. The zero-order valence-electron chi connectivity index (χ0n) is 16.4. The fourth-order valence-corrected chi connectivity index (χ4v) is 4.49. The number of thiazole rings is 1. The van der Waals surface area contributed by atoms with E-state index in [0.717, 1.165) is 46.1 Å². The second-order valence-electron chi connectivity index (χ2n) is 7.19. The van der Waals surface area contributed by atoms with Crippen LogP contribution in [0.3, 0.4) is 0 Å². The number of hydrogen-bond donors (Lipinski definition) is 1. The Morgan fingerprint density at radius 3 is 2.90 bits per heavy atom. The van der Waals surface area contributed by atoms with Crippen LogP contribution in [0.4, 0.5) is 10.8 Å². The van der Waals surface area contributed by atoms with Gasteiger partial charge in [0.15, 0.2) is 10.8 Å². The second-order valence-corrected chi connectivity index (χ2v) is 8.63. The number of aromatic nitrogens is 1. The van der Waals surface area contributed by atoms with Gasteiger partial charge in [-0.15, -0.1) is 0 Å². The quantitative estimate of drug-likeness (QED) is 0.493. The number of carbonyl (C=O) groups is 1. The summed E-state index contributed by atoms with van der Waals surface area (Å²) in [5.74, 6) is -0.182. The Hall–Kier alpha value is -2.70. The van der Waals surface area contributed by atoms with Crippen molar-refractivity contribution < 1.29 is 9.37 Å². The van der Waals surface area contributed by atoms with Gasteiger partial charge in [-0.1, -0.05) is 35.1 Å². The number of anilines is 2. The summed E-state index contributed by atoms with van der Waals surface area (Å²) in [6.45, 7) is 1.91. The van der Waals surface area contributed by atoms with E-state index in [2.05, 4.69) is 28.9 Å². The zero-order valence-corrected chi connectivity index (χ0v) is 17.9. The minimum absolute atomic E-state index is 0.182. The summed E-state index contributed by atoms with van der Waals surface area (Å²) in [5, 5.41) is 4.59. The van der Waals surface area contributed by atoms with Crippen LogP contribution in [0.1, 0.15) is 12.0 Å². The van der Waals surface area contributed by atoms with E-state index in [1.54, 1.807) is 23.5 Å². The van der Waals surface area contributed by atoms with Crippen molar-refractivity contribution in [2.24, 2.45) is 0 Å². The maximum atomic E-state index is 12.3. The molecule has 0 bridgehead atoms. The van der Waals surface area contributed by atoms with Crippen molar-refractivity contribution in [1.82, 2.24) is 4.98 Å². The van der Waals surface area contributed by atoms with Gasteiger partial charge in [-0.05, 0) is 42.0 Å². The Balaban J connectivity index is 1.46. The predicted octanol–water partition coefficient (Wildman–Crippen LogP) is 4.52. The molecule has 0 atom stereocenters. The maximum Gasteiger partial charge on any atom is 0.248 e. The standard InChI is InChI=1S/C22H21ClN4OS/c1-26(2)18-10-11-27(14-18)22-25-19-8-7-17(13-20(19)29-22)24-21(28)9-6-15-4-3-5-16(23)12-15/h3-9,12-13H,10-11,14H2,1-2H3/p+1/b9-6+. The van der Waals surface area contributed by atoms with Gasteiger partial charge in [0.1, 0.15) is 20.6 Å². The average Bonchev–Trinajstić information content (AvgIpc) is 3.33. The molecular formula is C22H22ClN4OS+. The molecule has 1 aliphatic heterocycles. The molecule has 4 rings (SSSR count). The lowest BCUT2D eigenvalue weighted by Crippen LogP contribution is -2.22. The molecule has 1 saturated heterocycles. The van der Waals surface area contributed by atoms with Crippen molar-refractivity contribution in [3.05, 3.63) is 59.1 Å². The Morgan fingerprint density at radius 2 is 2.14 bits per heavy atom. The van der Waals surface area contributed by atoms with Crippen molar-refractivity contribution >= 4 is 61.7 Å². The Morgan fingerprint density at radius 1 is 1.28 bits per heavy atom. The van der Waals surface area contributed by atoms with Crippen molar-refractivity contribution in [3.63, 3.8) is 0 Å². The van der Waals surface area contributed by atoms with Gasteiger partial charge >= 0.3 is 0 Å². The number of halogens is 1. The third-order valence-electron chi connectivity index (χ3n) is 4.87. The van der Waals surface area contributed by atoms with Gasteiger partial charge in [0.2, 0.25) is 5.91 Å². The number of nitrogens with one attached hydrogen (secondary N) is 1. The lowest BCUT2D eigenvalue weighted by molar-refractivity contribution is -0.465. The van der Waals surface area contributed by atoms with Crippen LogP contribution in [0, 0.1) is 0 Å². The van der Waals surface area contributed by atoms with E-state index in [0.29, 0.717) is 5.02 Å². The van der Waals surface area contributed by atoms with Crippen LogP contribution in [0.15, 0.2) is 48.5 Å². The highest BCUT2D eigenvalue weighted by Crippen LogP contribution is 2.32. The number of nitrogens with zero attached hydrogens (tertiary/aromatic N) is 3. The molecule has 3 aromatic rings. The number of fused-ring (bicyclic) bond motifs is 1. The summed E-state index contributed by atoms with van der Waals surface area (Å²) < 4.78 is 3.26. The summed E-state index contributed by atoms with van der Waals surface area (Å²) in [6, 6.07) is 13.2. The largest absolute Gasteiger partial charge is 0.337 e. The van der Waals surface area contributed by atoms with Crippen LogP contribution in [-0.2, 0) is 4.79 Å². The summed E-state index contributed by atoms with van der Waals surface area (Å²) in [5.41, 5.74) is 4.02. The van der Waals surface area contributed by atoms with Gasteiger partial charge in [0, 0.05) is 29.8 Å². The van der Waals surface area contributed by atoms with Crippen molar-refractivity contribution in [3.8, 4) is 0 Å². The molecule has 1 amide bonds. The summed E-state index contributed by atoms with van der Waals surface area (Å²) >= 11 is 7.63. The molecule has 29 heavy (non-hydrogen) atoms. The highest BCUT2D eigenvalue weighted by atomic mass is 35.5. The molecule has 7 heteroatoms. The second kappa shape index (κ2) is 8.35. The minimum Gasteiger partial charge on any atom is -0.337 e. The van der Waals surface area contributed by atoms with E-state index >= 15 is 0 Å². The average molecular weight is 426 g/mol. The molecule has 1 aliphatic rings. The lowest BCUT2D eigenvalue weighted by atomic mass is 10.2. The smallest absolute Gasteiger partial charge is 0.248 e. The maximum absolute atomic E-state index is 12.3. The third kappa shape index (κ3) is 4.66. The van der Waals surface area contributed by atoms with Crippen LogP contribution in [0.2, 0.25) is 5.02 Å². The minimum atomic E-state index is -0.182. The molecular weight excluding hydrogens is 404 g/mol. The first-order chi connectivity index (χ1) is 14.0. The van der Waals surface area contributed by atoms with E-state index < -0.39 is 0 Å². The number of hydrogen-bond acceptors (Lipinski definition) is 4. The molecule has 0 radical (unpaired) electrons. The first-order valence-corrected chi connectivity index (χ1v) is 10.6. The van der Waals surface area contributed by atoms with E-state index in [9.17, 15) is 4.79 Å². The van der Waals surface area contributed by atoms with Gasteiger partial charge < -0.3 is 10.2 Å². The first-order valence-electron chi connectivity index (χ1n) is 9.40. The SMILES string of the molecule is C[N+](C)=C1CCN(c2nc3ccc(NC(=O)/C=C/c4cccc(Cl)c4)cc3s2)C1. The Kier molecular flexibility index (Phi) is 5.65. The van der Waals surface area contributed by atoms with Gasteiger partial charge in [-0.25, -0.2) is 9.56 Å². The first kappa shape index (κ1) is 19.6. The van der Waals surface area contributed by atoms with Crippen LogP contribution < -0.4 is 10.2 Å². The number of rotatable bonds is 4.